The van der Waals surface area contributed by atoms with E-state index in [1.165, 1.54) is 11.1 Å². The number of rotatable bonds is 3. The number of pyridine rings is 1. The van der Waals surface area contributed by atoms with Crippen molar-refractivity contribution < 1.29 is 0 Å². The fraction of sp³-hybridized carbons (Fsp3) is 0.214. The molecule has 2 N–H and O–H groups in total. The zero-order valence-corrected chi connectivity index (χ0v) is 9.48. The number of nitrogen functional groups attached to an aromatic ring is 1. The summed E-state index contributed by atoms with van der Waals surface area (Å²) in [7, 11) is 0. The molecule has 0 amide bonds. The van der Waals surface area contributed by atoms with Crippen LogP contribution in [0.1, 0.15) is 16.8 Å². The molecule has 2 rings (SSSR count). The number of anilines is 1. The second-order valence-electron chi connectivity index (χ2n) is 4.04. The first-order valence-corrected chi connectivity index (χ1v) is 5.51. The molecule has 0 aliphatic heterocycles. The summed E-state index contributed by atoms with van der Waals surface area (Å²) in [6.45, 7) is 2.10. The van der Waals surface area contributed by atoms with Gasteiger partial charge in [0.1, 0.15) is 5.82 Å². The van der Waals surface area contributed by atoms with Crippen LogP contribution in [0.4, 0.5) is 5.82 Å². The van der Waals surface area contributed by atoms with Crippen LogP contribution in [0.3, 0.4) is 0 Å². The lowest BCUT2D eigenvalue weighted by Crippen LogP contribution is -1.97. The van der Waals surface area contributed by atoms with Gasteiger partial charge in [-0.2, -0.15) is 0 Å². The summed E-state index contributed by atoms with van der Waals surface area (Å²) in [4.78, 5) is 4.28. The third-order valence-electron chi connectivity index (χ3n) is 2.62. The maximum absolute atomic E-state index is 5.64. The van der Waals surface area contributed by atoms with Crippen LogP contribution < -0.4 is 5.73 Å². The average Bonchev–Trinajstić information content (AvgIpc) is 2.28. The second kappa shape index (κ2) is 4.79. The van der Waals surface area contributed by atoms with Gasteiger partial charge in [-0.25, -0.2) is 4.98 Å². The molecule has 0 atom stereocenters. The van der Waals surface area contributed by atoms with Gasteiger partial charge >= 0.3 is 0 Å². The van der Waals surface area contributed by atoms with Gasteiger partial charge in [0.25, 0.3) is 0 Å². The Balaban J connectivity index is 1.99. The zero-order chi connectivity index (χ0) is 11.4. The molecule has 16 heavy (non-hydrogen) atoms. The molecular weight excluding hydrogens is 196 g/mol. The number of benzene rings is 1. The molecule has 1 aromatic heterocycles. The minimum atomic E-state index is 0.599. The monoisotopic (exact) mass is 212 g/mol. The molecule has 82 valence electrons. The van der Waals surface area contributed by atoms with Crippen molar-refractivity contribution in [3.63, 3.8) is 0 Å². The van der Waals surface area contributed by atoms with E-state index < -0.39 is 0 Å². The van der Waals surface area contributed by atoms with Crippen LogP contribution in [0.5, 0.6) is 0 Å². The van der Waals surface area contributed by atoms with Crippen LogP contribution in [0.2, 0.25) is 0 Å². The van der Waals surface area contributed by atoms with E-state index in [4.69, 9.17) is 5.73 Å². The number of nitrogens with zero attached hydrogens (tertiary/aromatic N) is 1. The van der Waals surface area contributed by atoms with Crippen LogP contribution in [0.25, 0.3) is 0 Å². The van der Waals surface area contributed by atoms with Gasteiger partial charge in [-0.15, -0.1) is 0 Å². The molecule has 0 aliphatic carbocycles. The predicted molar refractivity (Wildman–Crippen MR) is 67.2 cm³/mol. The summed E-state index contributed by atoms with van der Waals surface area (Å²) in [5.41, 5.74) is 9.33. The van der Waals surface area contributed by atoms with Gasteiger partial charge < -0.3 is 5.73 Å². The van der Waals surface area contributed by atoms with Crippen molar-refractivity contribution in [3.8, 4) is 0 Å². The second-order valence-corrected chi connectivity index (χ2v) is 4.04. The highest BCUT2D eigenvalue weighted by Gasteiger charge is 1.97. The zero-order valence-electron chi connectivity index (χ0n) is 9.48. The summed E-state index contributed by atoms with van der Waals surface area (Å²) in [5.74, 6) is 0.599. The van der Waals surface area contributed by atoms with Crippen LogP contribution >= 0.6 is 0 Å². The molecule has 1 heterocycles. The molecule has 0 radical (unpaired) electrons. The largest absolute Gasteiger partial charge is 0.384 e. The maximum Gasteiger partial charge on any atom is 0.123 e. The summed E-state index contributed by atoms with van der Waals surface area (Å²) in [6.07, 6.45) is 1.95. The minimum Gasteiger partial charge on any atom is -0.384 e. The number of aromatic nitrogens is 1. The van der Waals surface area contributed by atoms with Gasteiger partial charge in [0, 0.05) is 5.69 Å². The highest BCUT2D eigenvalue weighted by Crippen LogP contribution is 2.08. The highest BCUT2D eigenvalue weighted by atomic mass is 14.8. The van der Waals surface area contributed by atoms with Gasteiger partial charge in [0.2, 0.25) is 0 Å². The van der Waals surface area contributed by atoms with Crippen LogP contribution in [-0.4, -0.2) is 4.98 Å². The molecule has 2 heteroatoms. The van der Waals surface area contributed by atoms with Crippen molar-refractivity contribution in [1.29, 1.82) is 0 Å². The molecule has 0 saturated carbocycles. The number of nitrogens with two attached hydrogens (primary N) is 1. The van der Waals surface area contributed by atoms with Crippen molar-refractivity contribution in [1.82, 2.24) is 4.98 Å². The Bertz CT molecular complexity index is 460. The molecule has 0 saturated heterocycles. The van der Waals surface area contributed by atoms with E-state index in [1.54, 1.807) is 0 Å². The van der Waals surface area contributed by atoms with Crippen molar-refractivity contribution >= 4 is 5.82 Å². The molecule has 0 bridgehead atoms. The number of hydrogen-bond acceptors (Lipinski definition) is 2. The molecule has 2 aromatic rings. The summed E-state index contributed by atoms with van der Waals surface area (Å²) in [5, 5.41) is 0. The first-order valence-electron chi connectivity index (χ1n) is 5.51. The van der Waals surface area contributed by atoms with Crippen LogP contribution in [-0.2, 0) is 12.8 Å². The Morgan fingerprint density at radius 3 is 2.44 bits per heavy atom. The lowest BCUT2D eigenvalue weighted by Gasteiger charge is -2.02. The lowest BCUT2D eigenvalue weighted by molar-refractivity contribution is 0.916. The van der Waals surface area contributed by atoms with Crippen LogP contribution in [0, 0.1) is 6.92 Å². The smallest absolute Gasteiger partial charge is 0.123 e. The van der Waals surface area contributed by atoms with E-state index in [0.29, 0.717) is 5.82 Å². The van der Waals surface area contributed by atoms with E-state index in [-0.39, 0.29) is 0 Å². The third kappa shape index (κ3) is 2.83. The average molecular weight is 212 g/mol. The first-order chi connectivity index (χ1) is 7.74. The van der Waals surface area contributed by atoms with Crippen molar-refractivity contribution in [2.24, 2.45) is 0 Å². The quantitative estimate of drug-likeness (QED) is 0.849. The minimum absolute atomic E-state index is 0.599. The molecule has 0 fully saturated rings. The van der Waals surface area contributed by atoms with Gasteiger partial charge in [-0.3, -0.25) is 0 Å². The normalized spacial score (nSPS) is 10.3. The van der Waals surface area contributed by atoms with Crippen LogP contribution in [0.15, 0.2) is 42.5 Å². The summed E-state index contributed by atoms with van der Waals surface area (Å²) >= 11 is 0. The molecule has 2 nitrogen and oxygen atoms in total. The van der Waals surface area contributed by atoms with Gasteiger partial charge in [-0.05, 0) is 37.5 Å². The first kappa shape index (κ1) is 10.7. The Morgan fingerprint density at radius 2 is 1.75 bits per heavy atom. The molecule has 0 spiro atoms. The van der Waals surface area contributed by atoms with E-state index in [9.17, 15) is 0 Å². The lowest BCUT2D eigenvalue weighted by atomic mass is 10.1. The van der Waals surface area contributed by atoms with E-state index >= 15 is 0 Å². The standard InChI is InChI=1S/C14H16N2/c1-11-5-7-12(8-6-11)9-10-13-3-2-4-14(15)16-13/h2-8H,9-10H2,1H3,(H2,15,16). The summed E-state index contributed by atoms with van der Waals surface area (Å²) in [6, 6.07) is 14.4. The molecule has 1 aromatic carbocycles. The molecule has 0 aliphatic rings. The number of hydrogen-bond donors (Lipinski definition) is 1. The van der Waals surface area contributed by atoms with Crippen molar-refractivity contribution in [2.45, 2.75) is 19.8 Å². The van der Waals surface area contributed by atoms with Gasteiger partial charge in [-0.1, -0.05) is 35.9 Å². The Kier molecular flexibility index (Phi) is 3.20. The third-order valence-corrected chi connectivity index (χ3v) is 2.62. The van der Waals surface area contributed by atoms with Gasteiger partial charge in [0.05, 0.1) is 0 Å². The molecule has 0 unspecified atom stereocenters. The Morgan fingerprint density at radius 1 is 1.00 bits per heavy atom. The summed E-state index contributed by atoms with van der Waals surface area (Å²) < 4.78 is 0. The predicted octanol–water partition coefficient (Wildman–Crippen LogP) is 2.76. The van der Waals surface area contributed by atoms with E-state index in [1.807, 2.05) is 18.2 Å². The topological polar surface area (TPSA) is 38.9 Å². The molecular formula is C14H16N2. The van der Waals surface area contributed by atoms with E-state index in [2.05, 4.69) is 36.2 Å². The van der Waals surface area contributed by atoms with Crippen molar-refractivity contribution in [2.75, 3.05) is 5.73 Å². The Hall–Kier alpha value is -1.83. The maximum atomic E-state index is 5.64. The van der Waals surface area contributed by atoms with Crippen molar-refractivity contribution in [3.05, 3.63) is 59.3 Å². The Labute approximate surface area is 96.1 Å². The highest BCUT2D eigenvalue weighted by molar-refractivity contribution is 5.29. The SMILES string of the molecule is Cc1ccc(CCc2cccc(N)n2)cc1. The number of aryl methyl sites for hydroxylation is 3. The van der Waals surface area contributed by atoms with E-state index in [0.717, 1.165) is 18.5 Å². The fourth-order valence-corrected chi connectivity index (χ4v) is 1.66. The van der Waals surface area contributed by atoms with Gasteiger partial charge in [0.15, 0.2) is 0 Å². The fourth-order valence-electron chi connectivity index (χ4n) is 1.66.